The molecule has 1 aromatic heterocycles. The number of benzene rings is 1. The second-order valence-corrected chi connectivity index (χ2v) is 3.91. The predicted octanol–water partition coefficient (Wildman–Crippen LogP) is 1.70. The topological polar surface area (TPSA) is 25.2 Å². The number of nitrogens with one attached hydrogen (secondary N) is 1. The summed E-state index contributed by atoms with van der Waals surface area (Å²) in [5, 5.41) is 3.81. The fraction of sp³-hybridized carbons (Fsp3) is 0.333. The SMILES string of the molecule is [B]CNC([B])C(CF)c1ccc2ccoc2c1. The van der Waals surface area contributed by atoms with E-state index in [1.54, 1.807) is 6.26 Å². The lowest BCUT2D eigenvalue weighted by Gasteiger charge is -2.22. The van der Waals surface area contributed by atoms with Crippen molar-refractivity contribution in [1.82, 2.24) is 5.32 Å². The third-order valence-electron chi connectivity index (χ3n) is 2.86. The minimum Gasteiger partial charge on any atom is -0.464 e. The Morgan fingerprint density at radius 2 is 2.18 bits per heavy atom. The first kappa shape index (κ1) is 12.2. The molecule has 0 aliphatic heterocycles. The third-order valence-corrected chi connectivity index (χ3v) is 2.86. The van der Waals surface area contributed by atoms with E-state index in [4.69, 9.17) is 20.1 Å². The second kappa shape index (κ2) is 5.41. The van der Waals surface area contributed by atoms with Gasteiger partial charge in [-0.3, -0.25) is 4.39 Å². The molecular formula is C12H12B2FNO. The van der Waals surface area contributed by atoms with Gasteiger partial charge in [-0.05, 0) is 30.1 Å². The van der Waals surface area contributed by atoms with E-state index < -0.39 is 18.5 Å². The Labute approximate surface area is 102 Å². The summed E-state index contributed by atoms with van der Waals surface area (Å²) < 4.78 is 18.3. The molecule has 84 valence electrons. The zero-order chi connectivity index (χ0) is 12.3. The monoisotopic (exact) mass is 227 g/mol. The van der Waals surface area contributed by atoms with Gasteiger partial charge in [0.15, 0.2) is 0 Å². The molecule has 0 aliphatic carbocycles. The number of hydrogen-bond acceptors (Lipinski definition) is 2. The van der Waals surface area contributed by atoms with E-state index in [1.807, 2.05) is 24.3 Å². The molecule has 17 heavy (non-hydrogen) atoms. The Hall–Kier alpha value is -1.22. The molecule has 0 saturated carbocycles. The normalized spacial score (nSPS) is 14.9. The van der Waals surface area contributed by atoms with E-state index in [9.17, 15) is 4.39 Å². The number of furan rings is 1. The van der Waals surface area contributed by atoms with Crippen molar-refractivity contribution in [3.8, 4) is 0 Å². The molecule has 1 heterocycles. The Kier molecular flexibility index (Phi) is 3.89. The highest BCUT2D eigenvalue weighted by Gasteiger charge is 2.18. The van der Waals surface area contributed by atoms with Gasteiger partial charge in [-0.15, -0.1) is 0 Å². The average Bonchev–Trinajstić information content (AvgIpc) is 2.77. The quantitative estimate of drug-likeness (QED) is 0.786. The molecule has 0 amide bonds. The van der Waals surface area contributed by atoms with Gasteiger partial charge in [-0.25, -0.2) is 0 Å². The second-order valence-electron chi connectivity index (χ2n) is 3.91. The highest BCUT2D eigenvalue weighted by Crippen LogP contribution is 2.24. The summed E-state index contributed by atoms with van der Waals surface area (Å²) >= 11 is 0. The van der Waals surface area contributed by atoms with E-state index in [2.05, 4.69) is 5.32 Å². The summed E-state index contributed by atoms with van der Waals surface area (Å²) in [6.45, 7) is -0.541. The molecule has 1 N–H and O–H groups in total. The molecule has 2 atom stereocenters. The van der Waals surface area contributed by atoms with Gasteiger partial charge in [0, 0.05) is 11.3 Å². The minimum atomic E-state index is -0.541. The maximum Gasteiger partial charge on any atom is 0.134 e. The van der Waals surface area contributed by atoms with E-state index >= 15 is 0 Å². The lowest BCUT2D eigenvalue weighted by molar-refractivity contribution is 0.403. The van der Waals surface area contributed by atoms with Gasteiger partial charge >= 0.3 is 0 Å². The molecule has 2 rings (SSSR count). The average molecular weight is 227 g/mol. The lowest BCUT2D eigenvalue weighted by Crippen LogP contribution is -2.37. The molecule has 2 nitrogen and oxygen atoms in total. The van der Waals surface area contributed by atoms with Crippen LogP contribution >= 0.6 is 0 Å². The molecule has 0 aliphatic rings. The first-order valence-electron chi connectivity index (χ1n) is 5.48. The summed E-state index contributed by atoms with van der Waals surface area (Å²) in [4.78, 5) is 0. The van der Waals surface area contributed by atoms with E-state index in [1.165, 1.54) is 0 Å². The first-order valence-corrected chi connectivity index (χ1v) is 5.48. The maximum atomic E-state index is 13.1. The van der Waals surface area contributed by atoms with E-state index in [0.29, 0.717) is 0 Å². The number of fused-ring (bicyclic) bond motifs is 1. The fourth-order valence-electron chi connectivity index (χ4n) is 1.87. The molecule has 0 bridgehead atoms. The minimum absolute atomic E-state index is 0.223. The summed E-state index contributed by atoms with van der Waals surface area (Å²) in [5.74, 6) is -0.925. The van der Waals surface area contributed by atoms with Crippen molar-refractivity contribution >= 4 is 26.7 Å². The van der Waals surface area contributed by atoms with Crippen molar-refractivity contribution in [3.05, 3.63) is 36.1 Å². The number of halogens is 1. The van der Waals surface area contributed by atoms with Crippen molar-refractivity contribution in [2.24, 2.45) is 0 Å². The maximum absolute atomic E-state index is 13.1. The Balaban J connectivity index is 2.28. The fourth-order valence-corrected chi connectivity index (χ4v) is 1.87. The van der Waals surface area contributed by atoms with Crippen LogP contribution in [0.1, 0.15) is 11.5 Å². The standard InChI is InChI=1S/C12H12B2FNO/c13-7-16-12(14)10(6-15)9-2-1-8-3-4-17-11(8)5-9/h1-5,10,12,16H,6-7H2. The molecule has 4 radical (unpaired) electrons. The smallest absolute Gasteiger partial charge is 0.134 e. The largest absolute Gasteiger partial charge is 0.464 e. The summed E-state index contributed by atoms with van der Waals surface area (Å²) in [6.07, 6.45) is 1.83. The third kappa shape index (κ3) is 2.55. The highest BCUT2D eigenvalue weighted by atomic mass is 19.1. The van der Waals surface area contributed by atoms with Crippen LogP contribution in [0.2, 0.25) is 0 Å². The molecule has 1 aromatic carbocycles. The van der Waals surface area contributed by atoms with Crippen LogP contribution in [0.3, 0.4) is 0 Å². The van der Waals surface area contributed by atoms with Crippen LogP contribution in [0.5, 0.6) is 0 Å². The highest BCUT2D eigenvalue weighted by molar-refractivity contribution is 6.13. The van der Waals surface area contributed by atoms with Crippen LogP contribution in [-0.2, 0) is 0 Å². The predicted molar refractivity (Wildman–Crippen MR) is 68.2 cm³/mol. The van der Waals surface area contributed by atoms with Gasteiger partial charge in [-0.2, -0.15) is 0 Å². The summed E-state index contributed by atoms with van der Waals surface area (Å²) in [5.41, 5.74) is 1.55. The van der Waals surface area contributed by atoms with Crippen LogP contribution in [-0.4, -0.2) is 34.8 Å². The van der Waals surface area contributed by atoms with Gasteiger partial charge < -0.3 is 9.73 Å². The number of alkyl halides is 1. The van der Waals surface area contributed by atoms with Crippen molar-refractivity contribution in [2.45, 2.75) is 11.9 Å². The van der Waals surface area contributed by atoms with Crippen LogP contribution in [0.15, 0.2) is 34.9 Å². The molecule has 5 heteroatoms. The molecule has 0 saturated heterocycles. The summed E-state index contributed by atoms with van der Waals surface area (Å²) in [6, 6.07) is 7.44. The van der Waals surface area contributed by atoms with Gasteiger partial charge in [0.25, 0.3) is 0 Å². The van der Waals surface area contributed by atoms with Crippen molar-refractivity contribution in [3.63, 3.8) is 0 Å². The Morgan fingerprint density at radius 3 is 2.88 bits per heavy atom. The Bertz CT molecular complexity index is 488. The van der Waals surface area contributed by atoms with Gasteiger partial charge in [0.05, 0.1) is 28.6 Å². The van der Waals surface area contributed by atoms with Crippen molar-refractivity contribution in [1.29, 1.82) is 0 Å². The molecule has 2 aromatic rings. The Morgan fingerprint density at radius 1 is 1.35 bits per heavy atom. The van der Waals surface area contributed by atoms with E-state index in [-0.39, 0.29) is 6.44 Å². The van der Waals surface area contributed by atoms with Crippen LogP contribution in [0.4, 0.5) is 4.39 Å². The molecule has 2 unspecified atom stereocenters. The lowest BCUT2D eigenvalue weighted by atomic mass is 9.79. The van der Waals surface area contributed by atoms with Gasteiger partial charge in [0.2, 0.25) is 0 Å². The number of rotatable bonds is 5. The molecule has 0 spiro atoms. The zero-order valence-corrected chi connectivity index (χ0v) is 9.40. The van der Waals surface area contributed by atoms with Crippen LogP contribution in [0.25, 0.3) is 11.0 Å². The first-order chi connectivity index (χ1) is 8.26. The van der Waals surface area contributed by atoms with Gasteiger partial charge in [0.1, 0.15) is 5.58 Å². The van der Waals surface area contributed by atoms with Crippen LogP contribution < -0.4 is 5.32 Å². The van der Waals surface area contributed by atoms with E-state index in [0.717, 1.165) is 16.5 Å². The summed E-state index contributed by atoms with van der Waals surface area (Å²) in [7, 11) is 11.2. The van der Waals surface area contributed by atoms with Crippen LogP contribution in [0, 0.1) is 0 Å². The molecular weight excluding hydrogens is 215 g/mol. The number of hydrogen-bond donors (Lipinski definition) is 1. The van der Waals surface area contributed by atoms with Crippen molar-refractivity contribution < 1.29 is 8.81 Å². The molecule has 0 fully saturated rings. The van der Waals surface area contributed by atoms with Gasteiger partial charge in [-0.1, -0.05) is 12.1 Å². The zero-order valence-electron chi connectivity index (χ0n) is 9.40. The van der Waals surface area contributed by atoms with Crippen molar-refractivity contribution in [2.75, 3.05) is 13.1 Å².